The summed E-state index contributed by atoms with van der Waals surface area (Å²) in [5.74, 6) is 0. The first-order chi connectivity index (χ1) is 4.71. The Morgan fingerprint density at radius 2 is 1.29 bits per heavy atom. The van der Waals surface area contributed by atoms with Crippen LogP contribution in [0.25, 0.3) is 0 Å². The Bertz CT molecular complexity index is 188. The van der Waals surface area contributed by atoms with Crippen LogP contribution in [0.4, 0.5) is 0 Å². The van der Waals surface area contributed by atoms with E-state index in [-0.39, 0.29) is 95.1 Å². The number of hydrogen-bond acceptors (Lipinski definition) is 5. The maximum atomic E-state index is 10.0. The van der Waals surface area contributed by atoms with Crippen molar-refractivity contribution in [2.45, 2.75) is 6.42 Å². The van der Waals surface area contributed by atoms with Gasteiger partial charge in [0.2, 0.25) is 0 Å². The molecule has 1 atom stereocenters. The minimum absolute atomic E-state index is 0. The summed E-state index contributed by atoms with van der Waals surface area (Å²) in [7, 11) is -9.02. The zero-order valence-corrected chi connectivity index (χ0v) is 16.3. The fourth-order valence-corrected chi connectivity index (χ4v) is 1.82. The van der Waals surface area contributed by atoms with Crippen LogP contribution in [0.1, 0.15) is 6.42 Å². The Balaban J connectivity index is -0.000000167. The first-order valence-corrected chi connectivity index (χ1v) is 6.24. The summed E-state index contributed by atoms with van der Waals surface area (Å²) in [6, 6.07) is 0. The number of hydrogen-bond donors (Lipinski definition) is 1. The molecule has 0 rings (SSSR count). The van der Waals surface area contributed by atoms with Crippen LogP contribution in [0.15, 0.2) is 0 Å². The summed E-state index contributed by atoms with van der Waals surface area (Å²) in [5.41, 5.74) is 0. The van der Waals surface area contributed by atoms with Gasteiger partial charge in [0.15, 0.2) is 0 Å². The van der Waals surface area contributed by atoms with Gasteiger partial charge in [-0.2, -0.15) is 0 Å². The average molecular weight is 270 g/mol. The van der Waals surface area contributed by atoms with Crippen molar-refractivity contribution in [3.8, 4) is 0 Å². The Hall–Kier alpha value is 3.30. The van der Waals surface area contributed by atoms with Gasteiger partial charge in [-0.1, -0.05) is 7.60 Å². The second-order valence-corrected chi connectivity index (χ2v) is 5.44. The second-order valence-electron chi connectivity index (χ2n) is 2.05. The van der Waals surface area contributed by atoms with Crippen LogP contribution in [0.3, 0.4) is 0 Å². The zero-order chi connectivity index (χ0) is 9.12. The van der Waals surface area contributed by atoms with E-state index in [4.69, 9.17) is 4.89 Å². The van der Waals surface area contributed by atoms with Crippen LogP contribution >= 0.6 is 15.2 Å². The minimum Gasteiger partial charge on any atom is -0.811 e. The van der Waals surface area contributed by atoms with Crippen LogP contribution < -0.4 is 103 Å². The molecule has 0 aliphatic heterocycles. The summed E-state index contributed by atoms with van der Waals surface area (Å²) in [6.45, 7) is 0. The Kier molecular flexibility index (Phi) is 21.1. The molecule has 1 unspecified atom stereocenters. The summed E-state index contributed by atoms with van der Waals surface area (Å²) in [4.78, 5) is 38.0. The molecule has 0 heterocycles. The third-order valence-electron chi connectivity index (χ3n) is 0.873. The molecule has 0 spiro atoms. The van der Waals surface area contributed by atoms with Gasteiger partial charge in [0.05, 0.1) is 0 Å². The van der Waals surface area contributed by atoms with Gasteiger partial charge in [-0.05, 0) is 12.6 Å². The SMILES string of the molecule is O=P([O-])([O-])CCCP(=O)([O-])O.[Na+].[Na+].[Na+]. The zero-order valence-electron chi connectivity index (χ0n) is 8.50. The van der Waals surface area contributed by atoms with Crippen LogP contribution in [-0.2, 0) is 9.13 Å². The van der Waals surface area contributed by atoms with E-state index >= 15 is 0 Å². The molecule has 68 valence electrons. The summed E-state index contributed by atoms with van der Waals surface area (Å²) in [5, 5.41) is 0. The third-order valence-corrected chi connectivity index (χ3v) is 2.62. The van der Waals surface area contributed by atoms with Gasteiger partial charge in [0, 0.05) is 6.16 Å². The molecule has 0 aromatic heterocycles. The van der Waals surface area contributed by atoms with Crippen molar-refractivity contribution in [1.29, 1.82) is 0 Å². The molecule has 0 aromatic rings. The summed E-state index contributed by atoms with van der Waals surface area (Å²) >= 11 is 0. The van der Waals surface area contributed by atoms with E-state index in [0.29, 0.717) is 0 Å². The fraction of sp³-hybridized carbons (Fsp3) is 1.00. The molecule has 0 fully saturated rings. The molecule has 6 nitrogen and oxygen atoms in total. The fourth-order valence-electron chi connectivity index (χ4n) is 0.464. The van der Waals surface area contributed by atoms with Gasteiger partial charge in [0.25, 0.3) is 0 Å². The van der Waals surface area contributed by atoms with E-state index in [0.717, 1.165) is 0 Å². The van der Waals surface area contributed by atoms with Crippen LogP contribution in [0, 0.1) is 0 Å². The van der Waals surface area contributed by atoms with Crippen molar-refractivity contribution in [3.63, 3.8) is 0 Å². The standard InChI is InChI=1S/C3H10O6P2.3Na/c4-10(5,6)2-1-3-11(7,8)9;;;/h1-3H2,(H2,4,5,6)(H2,7,8,9);;;/q;3*+1/p-3. The molecule has 1 N–H and O–H groups in total. The van der Waals surface area contributed by atoms with E-state index in [2.05, 4.69) is 0 Å². The van der Waals surface area contributed by atoms with Crippen molar-refractivity contribution in [2.24, 2.45) is 0 Å². The Morgan fingerprint density at radius 1 is 0.929 bits per heavy atom. The molecule has 0 saturated carbocycles. The van der Waals surface area contributed by atoms with Gasteiger partial charge >= 0.3 is 88.7 Å². The normalized spacial score (nSPS) is 14.0. The minimum atomic E-state index is -4.62. The monoisotopic (exact) mass is 270 g/mol. The predicted octanol–water partition coefficient (Wildman–Crippen LogP) is -11.2. The molecule has 0 amide bonds. The largest absolute Gasteiger partial charge is 1.00 e. The summed E-state index contributed by atoms with van der Waals surface area (Å²) < 4.78 is 19.9. The van der Waals surface area contributed by atoms with Gasteiger partial charge in [-0.3, -0.25) is 0 Å². The molecular formula is C3H7Na3O6P2. The van der Waals surface area contributed by atoms with E-state index in [1.54, 1.807) is 0 Å². The molecule has 14 heavy (non-hydrogen) atoms. The molecule has 0 aliphatic carbocycles. The molecule has 0 bridgehead atoms. The van der Waals surface area contributed by atoms with Gasteiger partial charge < -0.3 is 28.7 Å². The van der Waals surface area contributed by atoms with E-state index < -0.39 is 27.5 Å². The van der Waals surface area contributed by atoms with Crippen molar-refractivity contribution >= 4 is 15.2 Å². The first-order valence-electron chi connectivity index (χ1n) is 2.75. The Labute approximate surface area is 149 Å². The van der Waals surface area contributed by atoms with Gasteiger partial charge in [0.1, 0.15) is 7.60 Å². The van der Waals surface area contributed by atoms with Gasteiger partial charge in [-0.15, -0.1) is 0 Å². The quantitative estimate of drug-likeness (QED) is 0.399. The van der Waals surface area contributed by atoms with E-state index in [9.17, 15) is 23.8 Å². The van der Waals surface area contributed by atoms with Crippen LogP contribution in [0.5, 0.6) is 0 Å². The summed E-state index contributed by atoms with van der Waals surface area (Å²) in [6.07, 6.45) is -1.75. The maximum Gasteiger partial charge on any atom is 1.00 e. The second kappa shape index (κ2) is 11.4. The Morgan fingerprint density at radius 3 is 1.50 bits per heavy atom. The molecule has 0 saturated heterocycles. The van der Waals surface area contributed by atoms with Crippen molar-refractivity contribution in [1.82, 2.24) is 0 Å². The van der Waals surface area contributed by atoms with Crippen LogP contribution in [-0.4, -0.2) is 17.2 Å². The third kappa shape index (κ3) is 24.5. The molecule has 0 radical (unpaired) electrons. The van der Waals surface area contributed by atoms with Gasteiger partial charge in [-0.25, -0.2) is 0 Å². The molecule has 0 aromatic carbocycles. The van der Waals surface area contributed by atoms with Crippen molar-refractivity contribution in [3.05, 3.63) is 0 Å². The topological polar surface area (TPSA) is 124 Å². The smallest absolute Gasteiger partial charge is 0.811 e. The first kappa shape index (κ1) is 26.0. The predicted molar refractivity (Wildman–Crippen MR) is 31.8 cm³/mol. The van der Waals surface area contributed by atoms with E-state index in [1.807, 2.05) is 0 Å². The van der Waals surface area contributed by atoms with Crippen LogP contribution in [0.2, 0.25) is 0 Å². The van der Waals surface area contributed by atoms with Crippen molar-refractivity contribution < 1.29 is 117 Å². The van der Waals surface area contributed by atoms with Crippen molar-refractivity contribution in [2.75, 3.05) is 12.3 Å². The number of rotatable bonds is 4. The average Bonchev–Trinajstić information content (AvgIpc) is 1.55. The van der Waals surface area contributed by atoms with E-state index in [1.165, 1.54) is 0 Å². The molecular weight excluding hydrogens is 263 g/mol. The molecule has 0 aliphatic rings. The maximum absolute atomic E-state index is 10.0. The molecule has 11 heteroatoms.